The van der Waals surface area contributed by atoms with E-state index in [1.807, 2.05) is 12.1 Å². The van der Waals surface area contributed by atoms with Crippen LogP contribution in [0.15, 0.2) is 34.9 Å². The standard InChI is InChI=1S/C14H15ClN2O2/c1-10-17-13(9-19-10)5-6-16-14(18)8-11-3-2-4-12(15)7-11/h2-4,7,9H,5-6,8H2,1H3,(H,16,18). The van der Waals surface area contributed by atoms with Crippen LogP contribution in [0.1, 0.15) is 17.1 Å². The molecule has 0 aliphatic heterocycles. The third kappa shape index (κ3) is 4.41. The molecule has 0 unspecified atom stereocenters. The van der Waals surface area contributed by atoms with Crippen LogP contribution in [0.25, 0.3) is 0 Å². The molecule has 0 aliphatic rings. The van der Waals surface area contributed by atoms with Crippen LogP contribution in [-0.4, -0.2) is 17.4 Å². The zero-order valence-electron chi connectivity index (χ0n) is 10.6. The lowest BCUT2D eigenvalue weighted by Crippen LogP contribution is -2.27. The molecule has 5 heteroatoms. The molecule has 0 radical (unpaired) electrons. The van der Waals surface area contributed by atoms with Crippen LogP contribution in [0.2, 0.25) is 5.02 Å². The Bertz CT molecular complexity index is 566. The van der Waals surface area contributed by atoms with Crippen LogP contribution in [0.5, 0.6) is 0 Å². The van der Waals surface area contributed by atoms with Crippen molar-refractivity contribution >= 4 is 17.5 Å². The summed E-state index contributed by atoms with van der Waals surface area (Å²) >= 11 is 5.86. The Hall–Kier alpha value is -1.81. The topological polar surface area (TPSA) is 55.1 Å². The quantitative estimate of drug-likeness (QED) is 0.914. The van der Waals surface area contributed by atoms with Crippen LogP contribution in [0.4, 0.5) is 0 Å². The molecule has 1 aromatic heterocycles. The maximum absolute atomic E-state index is 11.7. The fourth-order valence-corrected chi connectivity index (χ4v) is 1.96. The second-order valence-corrected chi connectivity index (χ2v) is 4.70. The first-order valence-electron chi connectivity index (χ1n) is 6.05. The van der Waals surface area contributed by atoms with E-state index in [1.165, 1.54) is 0 Å². The molecule has 0 aliphatic carbocycles. The van der Waals surface area contributed by atoms with Crippen molar-refractivity contribution in [1.82, 2.24) is 10.3 Å². The van der Waals surface area contributed by atoms with Gasteiger partial charge in [0.1, 0.15) is 6.26 Å². The molecule has 0 spiro atoms. The first-order chi connectivity index (χ1) is 9.13. The van der Waals surface area contributed by atoms with Gasteiger partial charge in [-0.05, 0) is 17.7 Å². The van der Waals surface area contributed by atoms with Gasteiger partial charge in [0.15, 0.2) is 5.89 Å². The molecule has 1 aromatic carbocycles. The normalized spacial score (nSPS) is 10.4. The van der Waals surface area contributed by atoms with Gasteiger partial charge in [0.05, 0.1) is 12.1 Å². The molecule has 0 saturated heterocycles. The number of oxazole rings is 1. The van der Waals surface area contributed by atoms with Crippen LogP contribution in [0.3, 0.4) is 0 Å². The summed E-state index contributed by atoms with van der Waals surface area (Å²) in [6.07, 6.45) is 2.61. The van der Waals surface area contributed by atoms with Gasteiger partial charge in [0, 0.05) is 24.9 Å². The average Bonchev–Trinajstić information content (AvgIpc) is 2.75. The van der Waals surface area contributed by atoms with E-state index in [0.717, 1.165) is 11.3 Å². The molecule has 1 amide bonds. The number of nitrogens with one attached hydrogen (secondary N) is 1. The van der Waals surface area contributed by atoms with Gasteiger partial charge in [-0.1, -0.05) is 23.7 Å². The SMILES string of the molecule is Cc1nc(CCNC(=O)Cc2cccc(Cl)c2)co1. The minimum absolute atomic E-state index is 0.0255. The van der Waals surface area contributed by atoms with Crippen molar-refractivity contribution in [3.8, 4) is 0 Å². The first-order valence-corrected chi connectivity index (χ1v) is 6.43. The number of carbonyl (C=O) groups excluding carboxylic acids is 1. The number of halogens is 1. The van der Waals surface area contributed by atoms with Gasteiger partial charge in [-0.3, -0.25) is 4.79 Å². The van der Waals surface area contributed by atoms with Crippen LogP contribution >= 0.6 is 11.6 Å². The zero-order chi connectivity index (χ0) is 13.7. The Kier molecular flexibility index (Phi) is 4.58. The number of rotatable bonds is 5. The maximum Gasteiger partial charge on any atom is 0.224 e. The molecule has 2 rings (SSSR count). The summed E-state index contributed by atoms with van der Waals surface area (Å²) in [5, 5.41) is 3.49. The first kappa shape index (κ1) is 13.6. The molecule has 1 heterocycles. The van der Waals surface area contributed by atoms with Gasteiger partial charge in [-0.15, -0.1) is 0 Å². The number of benzene rings is 1. The van der Waals surface area contributed by atoms with Crippen molar-refractivity contribution in [2.24, 2.45) is 0 Å². The van der Waals surface area contributed by atoms with E-state index < -0.39 is 0 Å². The number of aromatic nitrogens is 1. The summed E-state index contributed by atoms with van der Waals surface area (Å²) in [4.78, 5) is 15.9. The summed E-state index contributed by atoms with van der Waals surface area (Å²) in [5.74, 6) is 0.614. The molecule has 4 nitrogen and oxygen atoms in total. The van der Waals surface area contributed by atoms with E-state index in [0.29, 0.717) is 30.3 Å². The van der Waals surface area contributed by atoms with E-state index in [-0.39, 0.29) is 5.91 Å². The second-order valence-electron chi connectivity index (χ2n) is 4.26. The van der Waals surface area contributed by atoms with E-state index in [4.69, 9.17) is 16.0 Å². The molecule has 2 aromatic rings. The van der Waals surface area contributed by atoms with E-state index in [9.17, 15) is 4.79 Å². The van der Waals surface area contributed by atoms with Gasteiger partial charge >= 0.3 is 0 Å². The molecule has 0 fully saturated rings. The Morgan fingerprint density at radius 2 is 2.32 bits per heavy atom. The fraction of sp³-hybridized carbons (Fsp3) is 0.286. The highest BCUT2D eigenvalue weighted by Gasteiger charge is 2.04. The molecule has 0 saturated carbocycles. The van der Waals surface area contributed by atoms with Crippen molar-refractivity contribution in [3.63, 3.8) is 0 Å². The Morgan fingerprint density at radius 3 is 3.00 bits per heavy atom. The van der Waals surface area contributed by atoms with Crippen molar-refractivity contribution < 1.29 is 9.21 Å². The maximum atomic E-state index is 11.7. The minimum Gasteiger partial charge on any atom is -0.449 e. The summed E-state index contributed by atoms with van der Waals surface area (Å²) < 4.78 is 5.09. The van der Waals surface area contributed by atoms with Crippen LogP contribution in [-0.2, 0) is 17.6 Å². The largest absolute Gasteiger partial charge is 0.449 e. The number of hydrogen-bond donors (Lipinski definition) is 1. The molecule has 19 heavy (non-hydrogen) atoms. The lowest BCUT2D eigenvalue weighted by atomic mass is 10.1. The van der Waals surface area contributed by atoms with Crippen molar-refractivity contribution in [1.29, 1.82) is 0 Å². The van der Waals surface area contributed by atoms with Crippen molar-refractivity contribution in [2.75, 3.05) is 6.54 Å². The fourth-order valence-electron chi connectivity index (χ4n) is 1.75. The molecule has 0 atom stereocenters. The lowest BCUT2D eigenvalue weighted by molar-refractivity contribution is -0.120. The highest BCUT2D eigenvalue weighted by Crippen LogP contribution is 2.10. The third-order valence-electron chi connectivity index (χ3n) is 2.62. The van der Waals surface area contributed by atoms with Gasteiger partial charge in [-0.2, -0.15) is 0 Å². The number of amides is 1. The predicted molar refractivity (Wildman–Crippen MR) is 73.1 cm³/mol. The van der Waals surface area contributed by atoms with Gasteiger partial charge in [0.25, 0.3) is 0 Å². The minimum atomic E-state index is -0.0255. The molecular weight excluding hydrogens is 264 g/mol. The van der Waals surface area contributed by atoms with Crippen molar-refractivity contribution in [3.05, 3.63) is 52.7 Å². The summed E-state index contributed by atoms with van der Waals surface area (Å²) in [6.45, 7) is 2.34. The predicted octanol–water partition coefficient (Wildman–Crippen LogP) is 2.54. The summed E-state index contributed by atoms with van der Waals surface area (Å²) in [5.41, 5.74) is 1.75. The molecule has 100 valence electrons. The average molecular weight is 279 g/mol. The van der Waals surface area contributed by atoms with E-state index in [1.54, 1.807) is 25.3 Å². The highest BCUT2D eigenvalue weighted by atomic mass is 35.5. The third-order valence-corrected chi connectivity index (χ3v) is 2.86. The summed E-state index contributed by atoms with van der Waals surface area (Å²) in [6, 6.07) is 7.30. The van der Waals surface area contributed by atoms with Gasteiger partial charge in [0.2, 0.25) is 5.91 Å². The van der Waals surface area contributed by atoms with E-state index >= 15 is 0 Å². The zero-order valence-corrected chi connectivity index (χ0v) is 11.4. The monoisotopic (exact) mass is 278 g/mol. The molecule has 0 bridgehead atoms. The van der Waals surface area contributed by atoms with Crippen molar-refractivity contribution in [2.45, 2.75) is 19.8 Å². The number of nitrogens with zero attached hydrogens (tertiary/aromatic N) is 1. The van der Waals surface area contributed by atoms with E-state index in [2.05, 4.69) is 10.3 Å². The van der Waals surface area contributed by atoms with Crippen LogP contribution in [0, 0.1) is 6.92 Å². The Balaban J connectivity index is 1.76. The van der Waals surface area contributed by atoms with Gasteiger partial charge in [-0.25, -0.2) is 4.98 Å². The second kappa shape index (κ2) is 6.38. The summed E-state index contributed by atoms with van der Waals surface area (Å²) in [7, 11) is 0. The number of aryl methyl sites for hydroxylation is 1. The lowest BCUT2D eigenvalue weighted by Gasteiger charge is -2.04. The Labute approximate surface area is 116 Å². The number of hydrogen-bond acceptors (Lipinski definition) is 3. The molecular formula is C14H15ClN2O2. The highest BCUT2D eigenvalue weighted by molar-refractivity contribution is 6.30. The molecule has 1 N–H and O–H groups in total. The van der Waals surface area contributed by atoms with Gasteiger partial charge < -0.3 is 9.73 Å². The van der Waals surface area contributed by atoms with Crippen LogP contribution < -0.4 is 5.32 Å². The number of carbonyl (C=O) groups is 1. The Morgan fingerprint density at radius 1 is 1.47 bits per heavy atom. The smallest absolute Gasteiger partial charge is 0.224 e.